The first-order valence-corrected chi connectivity index (χ1v) is 5.41. The van der Waals surface area contributed by atoms with Gasteiger partial charge in [-0.05, 0) is 12.8 Å². The van der Waals surface area contributed by atoms with Crippen molar-refractivity contribution in [2.75, 3.05) is 13.2 Å². The standard InChI is InChI=1S/C10H18N2O2/c11-8-5-12(10(8)14)9-4-2-1-3-7(9)6-13/h7-9,13H,1-6,11H2. The Bertz CT molecular complexity index is 232. The summed E-state index contributed by atoms with van der Waals surface area (Å²) in [5.74, 6) is 0.343. The molecule has 2 fully saturated rings. The van der Waals surface area contributed by atoms with Gasteiger partial charge >= 0.3 is 0 Å². The molecule has 0 radical (unpaired) electrons. The minimum atomic E-state index is -0.281. The van der Waals surface area contributed by atoms with E-state index in [4.69, 9.17) is 5.73 Å². The molecule has 2 aliphatic rings. The third-order valence-electron chi connectivity index (χ3n) is 3.50. The van der Waals surface area contributed by atoms with Crippen LogP contribution in [0.5, 0.6) is 0 Å². The summed E-state index contributed by atoms with van der Waals surface area (Å²) in [6.45, 7) is 0.879. The van der Waals surface area contributed by atoms with E-state index < -0.39 is 0 Å². The zero-order valence-corrected chi connectivity index (χ0v) is 8.35. The van der Waals surface area contributed by atoms with Gasteiger partial charge in [0.15, 0.2) is 0 Å². The molecule has 1 heterocycles. The summed E-state index contributed by atoms with van der Waals surface area (Å²) in [5.41, 5.74) is 5.55. The number of aliphatic hydroxyl groups is 1. The molecule has 1 saturated heterocycles. The Morgan fingerprint density at radius 2 is 2.14 bits per heavy atom. The van der Waals surface area contributed by atoms with Crippen LogP contribution in [0.1, 0.15) is 25.7 Å². The van der Waals surface area contributed by atoms with E-state index in [0.29, 0.717) is 6.54 Å². The first-order valence-electron chi connectivity index (χ1n) is 5.41. The van der Waals surface area contributed by atoms with E-state index in [1.165, 1.54) is 12.8 Å². The van der Waals surface area contributed by atoms with Crippen LogP contribution in [0.25, 0.3) is 0 Å². The van der Waals surface area contributed by atoms with Gasteiger partial charge in [-0.25, -0.2) is 0 Å². The molecule has 1 saturated carbocycles. The topological polar surface area (TPSA) is 66.6 Å². The Morgan fingerprint density at radius 1 is 1.43 bits per heavy atom. The molecular weight excluding hydrogens is 180 g/mol. The van der Waals surface area contributed by atoms with E-state index in [1.807, 2.05) is 4.90 Å². The molecule has 3 atom stereocenters. The van der Waals surface area contributed by atoms with Gasteiger partial charge in [0, 0.05) is 25.1 Å². The molecule has 1 amide bonds. The molecule has 1 aliphatic carbocycles. The number of hydrogen-bond donors (Lipinski definition) is 2. The van der Waals surface area contributed by atoms with Gasteiger partial charge < -0.3 is 15.7 Å². The van der Waals surface area contributed by atoms with Crippen molar-refractivity contribution in [3.8, 4) is 0 Å². The molecule has 3 unspecified atom stereocenters. The summed E-state index contributed by atoms with van der Waals surface area (Å²) >= 11 is 0. The lowest BCUT2D eigenvalue weighted by molar-refractivity contribution is -0.149. The number of rotatable bonds is 2. The Kier molecular flexibility index (Phi) is 2.74. The van der Waals surface area contributed by atoms with Crippen molar-refractivity contribution in [2.45, 2.75) is 37.8 Å². The van der Waals surface area contributed by atoms with Gasteiger partial charge in [0.25, 0.3) is 0 Å². The maximum atomic E-state index is 11.4. The van der Waals surface area contributed by atoms with Gasteiger partial charge in [0.05, 0.1) is 0 Å². The summed E-state index contributed by atoms with van der Waals surface area (Å²) < 4.78 is 0. The lowest BCUT2D eigenvalue weighted by Crippen LogP contribution is -2.66. The Hall–Kier alpha value is -0.610. The zero-order chi connectivity index (χ0) is 10.1. The van der Waals surface area contributed by atoms with Gasteiger partial charge in [-0.3, -0.25) is 4.79 Å². The Morgan fingerprint density at radius 3 is 2.71 bits per heavy atom. The quantitative estimate of drug-likeness (QED) is 0.599. The second-order valence-electron chi connectivity index (χ2n) is 4.39. The third-order valence-corrected chi connectivity index (χ3v) is 3.50. The number of carbonyl (C=O) groups excluding carboxylic acids is 1. The number of hydrogen-bond acceptors (Lipinski definition) is 3. The van der Waals surface area contributed by atoms with Crippen LogP contribution in [0.15, 0.2) is 0 Å². The fourth-order valence-corrected chi connectivity index (χ4v) is 2.59. The molecule has 0 aromatic carbocycles. The smallest absolute Gasteiger partial charge is 0.241 e. The highest BCUT2D eigenvalue weighted by atomic mass is 16.3. The van der Waals surface area contributed by atoms with Crippen molar-refractivity contribution in [3.63, 3.8) is 0 Å². The highest BCUT2D eigenvalue weighted by Gasteiger charge is 2.41. The summed E-state index contributed by atoms with van der Waals surface area (Å²) in [6, 6.07) is -0.0303. The fraction of sp³-hybridized carbons (Fsp3) is 0.900. The normalized spacial score (nSPS) is 38.3. The minimum absolute atomic E-state index is 0.0651. The number of carbonyl (C=O) groups is 1. The van der Waals surface area contributed by atoms with E-state index >= 15 is 0 Å². The average molecular weight is 198 g/mol. The van der Waals surface area contributed by atoms with Gasteiger partial charge in [0.1, 0.15) is 6.04 Å². The van der Waals surface area contributed by atoms with Crippen molar-refractivity contribution in [1.29, 1.82) is 0 Å². The van der Waals surface area contributed by atoms with Crippen LogP contribution >= 0.6 is 0 Å². The summed E-state index contributed by atoms with van der Waals surface area (Å²) in [5, 5.41) is 9.21. The van der Waals surface area contributed by atoms with Crippen molar-refractivity contribution < 1.29 is 9.90 Å². The van der Waals surface area contributed by atoms with Crippen molar-refractivity contribution in [3.05, 3.63) is 0 Å². The number of amides is 1. The van der Waals surface area contributed by atoms with Crippen LogP contribution in [-0.2, 0) is 4.79 Å². The molecule has 80 valence electrons. The average Bonchev–Trinajstić information content (AvgIpc) is 2.25. The van der Waals surface area contributed by atoms with Gasteiger partial charge in [-0.1, -0.05) is 12.8 Å². The van der Waals surface area contributed by atoms with Gasteiger partial charge in [-0.2, -0.15) is 0 Å². The van der Waals surface area contributed by atoms with Gasteiger partial charge in [0.2, 0.25) is 5.91 Å². The molecule has 3 N–H and O–H groups in total. The van der Waals surface area contributed by atoms with Crippen LogP contribution < -0.4 is 5.73 Å². The predicted octanol–water partition coefficient (Wildman–Crippen LogP) is -0.293. The molecule has 0 spiro atoms. The molecule has 2 rings (SSSR count). The molecule has 14 heavy (non-hydrogen) atoms. The first-order chi connectivity index (χ1) is 6.74. The molecule has 0 aromatic heterocycles. The first kappa shape index (κ1) is 9.93. The molecule has 0 aromatic rings. The van der Waals surface area contributed by atoms with E-state index in [0.717, 1.165) is 12.8 Å². The second kappa shape index (κ2) is 3.87. The molecule has 0 bridgehead atoms. The highest BCUT2D eigenvalue weighted by molar-refractivity contribution is 5.88. The number of β-lactam (4-membered cyclic amide) rings is 1. The fourth-order valence-electron chi connectivity index (χ4n) is 2.59. The Balaban J connectivity index is 1.98. The van der Waals surface area contributed by atoms with E-state index in [-0.39, 0.29) is 30.5 Å². The number of likely N-dealkylation sites (tertiary alicyclic amines) is 1. The minimum Gasteiger partial charge on any atom is -0.396 e. The Labute approximate surface area is 84.1 Å². The van der Waals surface area contributed by atoms with Crippen LogP contribution in [0, 0.1) is 5.92 Å². The highest BCUT2D eigenvalue weighted by Crippen LogP contribution is 2.30. The molecule has 4 nitrogen and oxygen atoms in total. The van der Waals surface area contributed by atoms with Crippen LogP contribution in [-0.4, -0.2) is 41.1 Å². The molecular formula is C10H18N2O2. The van der Waals surface area contributed by atoms with Crippen LogP contribution in [0.4, 0.5) is 0 Å². The molecule has 1 aliphatic heterocycles. The van der Waals surface area contributed by atoms with Crippen molar-refractivity contribution >= 4 is 5.91 Å². The number of nitrogens with zero attached hydrogens (tertiary/aromatic N) is 1. The summed E-state index contributed by atoms with van der Waals surface area (Å²) in [4.78, 5) is 13.3. The van der Waals surface area contributed by atoms with E-state index in [1.54, 1.807) is 0 Å². The summed E-state index contributed by atoms with van der Waals surface area (Å²) in [7, 11) is 0. The number of nitrogens with two attached hydrogens (primary N) is 1. The van der Waals surface area contributed by atoms with Gasteiger partial charge in [-0.15, -0.1) is 0 Å². The lowest BCUT2D eigenvalue weighted by Gasteiger charge is -2.46. The monoisotopic (exact) mass is 198 g/mol. The maximum absolute atomic E-state index is 11.4. The second-order valence-corrected chi connectivity index (χ2v) is 4.39. The van der Waals surface area contributed by atoms with E-state index in [2.05, 4.69) is 0 Å². The third kappa shape index (κ3) is 1.53. The summed E-state index contributed by atoms with van der Waals surface area (Å²) in [6.07, 6.45) is 4.42. The number of aliphatic hydroxyl groups excluding tert-OH is 1. The van der Waals surface area contributed by atoms with Crippen molar-refractivity contribution in [2.24, 2.45) is 11.7 Å². The SMILES string of the molecule is NC1CN(C2CCCCC2CO)C1=O. The molecule has 4 heteroatoms. The van der Waals surface area contributed by atoms with E-state index in [9.17, 15) is 9.90 Å². The maximum Gasteiger partial charge on any atom is 0.241 e. The predicted molar refractivity (Wildman–Crippen MR) is 52.5 cm³/mol. The zero-order valence-electron chi connectivity index (χ0n) is 8.35. The van der Waals surface area contributed by atoms with Crippen molar-refractivity contribution in [1.82, 2.24) is 4.90 Å². The largest absolute Gasteiger partial charge is 0.396 e. The van der Waals surface area contributed by atoms with Crippen LogP contribution in [0.3, 0.4) is 0 Å². The lowest BCUT2D eigenvalue weighted by atomic mass is 9.82. The van der Waals surface area contributed by atoms with Crippen LogP contribution in [0.2, 0.25) is 0 Å².